The third-order valence-corrected chi connectivity index (χ3v) is 5.27. The number of rotatable bonds is 12. The fraction of sp³-hybridized carbons (Fsp3) is 0.462. The van der Waals surface area contributed by atoms with Crippen LogP contribution < -0.4 is 10.6 Å². The van der Waals surface area contributed by atoms with Gasteiger partial charge in [-0.2, -0.15) is 0 Å². The molecule has 30 heavy (non-hydrogen) atoms. The van der Waals surface area contributed by atoms with Crippen molar-refractivity contribution in [3.05, 3.63) is 59.7 Å². The number of hydrogen-bond donors (Lipinski definition) is 2. The van der Waals surface area contributed by atoms with Crippen LogP contribution in [0.25, 0.3) is 0 Å². The highest BCUT2D eigenvalue weighted by Crippen LogP contribution is 2.15. The van der Waals surface area contributed by atoms with E-state index in [1.807, 2.05) is 48.5 Å². The van der Waals surface area contributed by atoms with E-state index < -0.39 is 11.8 Å². The number of carbonyl (C=O) groups excluding carboxylic acids is 2. The Morgan fingerprint density at radius 3 is 1.27 bits per heavy atom. The lowest BCUT2D eigenvalue weighted by atomic mass is 10.1. The molecule has 0 aromatic heterocycles. The van der Waals surface area contributed by atoms with Crippen molar-refractivity contribution >= 4 is 23.2 Å². The van der Waals surface area contributed by atoms with E-state index >= 15 is 0 Å². The first-order valence-corrected chi connectivity index (χ1v) is 11.4. The number of unbranched alkanes of at least 4 members (excludes halogenated alkanes) is 6. The second-order valence-electron chi connectivity index (χ2n) is 7.92. The van der Waals surface area contributed by atoms with Gasteiger partial charge in [-0.3, -0.25) is 9.59 Å². The van der Waals surface area contributed by atoms with Gasteiger partial charge in [0.15, 0.2) is 0 Å². The summed E-state index contributed by atoms with van der Waals surface area (Å²) in [7, 11) is 0. The molecule has 0 aliphatic rings. The standard InChI is InChI=1S/C26H36N2O2/c1-3-5-7-9-11-21-13-17-23(18-14-21)27-25(29)26(30)28-24-19-15-22(16-20-24)12-10-8-6-4-2/h13-20H,3-12H2,1-2H3,(H,27,29)(H,28,30). The predicted octanol–water partition coefficient (Wildman–Crippen LogP) is 6.51. The molecule has 0 fully saturated rings. The van der Waals surface area contributed by atoms with E-state index in [1.54, 1.807) is 0 Å². The van der Waals surface area contributed by atoms with Crippen molar-refractivity contribution in [1.82, 2.24) is 0 Å². The summed E-state index contributed by atoms with van der Waals surface area (Å²) in [5.41, 5.74) is 3.77. The number of hydrogen-bond acceptors (Lipinski definition) is 2. The summed E-state index contributed by atoms with van der Waals surface area (Å²) in [4.78, 5) is 24.4. The zero-order valence-electron chi connectivity index (χ0n) is 18.5. The van der Waals surface area contributed by atoms with Gasteiger partial charge >= 0.3 is 11.8 Å². The third kappa shape index (κ3) is 8.81. The van der Waals surface area contributed by atoms with Gasteiger partial charge in [0.05, 0.1) is 0 Å². The Morgan fingerprint density at radius 2 is 0.933 bits per heavy atom. The SMILES string of the molecule is CCCCCCc1ccc(NC(=O)C(=O)Nc2ccc(CCCCCC)cc2)cc1. The molecule has 0 saturated carbocycles. The lowest BCUT2D eigenvalue weighted by Gasteiger charge is -2.08. The molecule has 0 aliphatic carbocycles. The fourth-order valence-electron chi connectivity index (χ4n) is 3.40. The Morgan fingerprint density at radius 1 is 0.567 bits per heavy atom. The predicted molar refractivity (Wildman–Crippen MR) is 126 cm³/mol. The van der Waals surface area contributed by atoms with Gasteiger partial charge in [0.25, 0.3) is 0 Å². The van der Waals surface area contributed by atoms with Crippen molar-refractivity contribution in [3.63, 3.8) is 0 Å². The van der Waals surface area contributed by atoms with E-state index in [0.717, 1.165) is 12.8 Å². The summed E-state index contributed by atoms with van der Waals surface area (Å²) >= 11 is 0. The number of carbonyl (C=O) groups is 2. The Labute approximate surface area is 181 Å². The molecule has 2 aromatic carbocycles. The summed E-state index contributed by atoms with van der Waals surface area (Å²) in [6.45, 7) is 4.41. The van der Waals surface area contributed by atoms with Crippen LogP contribution in [0.4, 0.5) is 11.4 Å². The fourth-order valence-corrected chi connectivity index (χ4v) is 3.40. The first kappa shape index (κ1) is 23.7. The molecular formula is C26H36N2O2. The smallest absolute Gasteiger partial charge is 0.314 e. The Hall–Kier alpha value is -2.62. The maximum atomic E-state index is 12.2. The van der Waals surface area contributed by atoms with Crippen LogP contribution in [-0.4, -0.2) is 11.8 Å². The third-order valence-electron chi connectivity index (χ3n) is 5.27. The average molecular weight is 409 g/mol. The molecule has 2 amide bonds. The molecule has 0 radical (unpaired) electrons. The molecule has 0 unspecified atom stereocenters. The lowest BCUT2D eigenvalue weighted by Crippen LogP contribution is -2.29. The number of anilines is 2. The van der Waals surface area contributed by atoms with Gasteiger partial charge < -0.3 is 10.6 Å². The number of amides is 2. The van der Waals surface area contributed by atoms with Gasteiger partial charge in [-0.15, -0.1) is 0 Å². The molecule has 4 nitrogen and oxygen atoms in total. The first-order valence-electron chi connectivity index (χ1n) is 11.4. The molecule has 0 saturated heterocycles. The maximum absolute atomic E-state index is 12.2. The minimum Gasteiger partial charge on any atom is -0.318 e. The molecule has 0 heterocycles. The lowest BCUT2D eigenvalue weighted by molar-refractivity contribution is -0.132. The summed E-state index contributed by atoms with van der Waals surface area (Å²) < 4.78 is 0. The maximum Gasteiger partial charge on any atom is 0.314 e. The topological polar surface area (TPSA) is 58.2 Å². The highest BCUT2D eigenvalue weighted by atomic mass is 16.2. The average Bonchev–Trinajstić information content (AvgIpc) is 2.76. The zero-order chi connectivity index (χ0) is 21.6. The van der Waals surface area contributed by atoms with Crippen molar-refractivity contribution in [2.24, 2.45) is 0 Å². The summed E-state index contributed by atoms with van der Waals surface area (Å²) in [5, 5.41) is 5.33. The minimum atomic E-state index is -0.658. The van der Waals surface area contributed by atoms with Crippen LogP contribution >= 0.6 is 0 Å². The van der Waals surface area contributed by atoms with Crippen molar-refractivity contribution in [1.29, 1.82) is 0 Å². The summed E-state index contributed by atoms with van der Waals surface area (Å²) in [6, 6.07) is 15.5. The highest BCUT2D eigenvalue weighted by molar-refractivity contribution is 6.43. The van der Waals surface area contributed by atoms with E-state index in [2.05, 4.69) is 24.5 Å². The second-order valence-corrected chi connectivity index (χ2v) is 7.92. The molecule has 4 heteroatoms. The van der Waals surface area contributed by atoms with E-state index in [4.69, 9.17) is 0 Å². The Bertz CT molecular complexity index is 699. The van der Waals surface area contributed by atoms with E-state index in [-0.39, 0.29) is 0 Å². The van der Waals surface area contributed by atoms with Gasteiger partial charge in [0.2, 0.25) is 0 Å². The molecule has 0 bridgehead atoms. The second kappa shape index (κ2) is 13.6. The van der Waals surface area contributed by atoms with Gasteiger partial charge in [0.1, 0.15) is 0 Å². The van der Waals surface area contributed by atoms with Crippen molar-refractivity contribution < 1.29 is 9.59 Å². The van der Waals surface area contributed by atoms with Crippen molar-refractivity contribution in [2.75, 3.05) is 10.6 Å². The molecular weight excluding hydrogens is 372 g/mol. The number of aryl methyl sites for hydroxylation is 2. The van der Waals surface area contributed by atoms with Crippen molar-refractivity contribution in [3.8, 4) is 0 Å². The highest BCUT2D eigenvalue weighted by Gasteiger charge is 2.14. The molecule has 162 valence electrons. The summed E-state index contributed by atoms with van der Waals surface area (Å²) in [6.07, 6.45) is 11.9. The van der Waals surface area contributed by atoms with Crippen LogP contribution in [0, 0.1) is 0 Å². The van der Waals surface area contributed by atoms with Crippen LogP contribution in [0.5, 0.6) is 0 Å². The van der Waals surface area contributed by atoms with Crippen LogP contribution in [0.1, 0.15) is 76.3 Å². The van der Waals surface area contributed by atoms with Crippen LogP contribution in [0.15, 0.2) is 48.5 Å². The van der Waals surface area contributed by atoms with Gasteiger partial charge in [-0.25, -0.2) is 0 Å². The molecule has 0 spiro atoms. The Balaban J connectivity index is 1.76. The van der Waals surface area contributed by atoms with Gasteiger partial charge in [-0.1, -0.05) is 76.6 Å². The normalized spacial score (nSPS) is 10.6. The van der Waals surface area contributed by atoms with Crippen molar-refractivity contribution in [2.45, 2.75) is 78.1 Å². The number of benzene rings is 2. The van der Waals surface area contributed by atoms with Crippen LogP contribution in [-0.2, 0) is 22.4 Å². The Kier molecular flexibility index (Phi) is 10.7. The first-order chi connectivity index (χ1) is 14.6. The zero-order valence-corrected chi connectivity index (χ0v) is 18.5. The minimum absolute atomic E-state index is 0.634. The molecule has 0 atom stereocenters. The van der Waals surface area contributed by atoms with E-state index in [9.17, 15) is 9.59 Å². The van der Waals surface area contributed by atoms with E-state index in [0.29, 0.717) is 11.4 Å². The van der Waals surface area contributed by atoms with E-state index in [1.165, 1.54) is 62.5 Å². The van der Waals surface area contributed by atoms with Gasteiger partial charge in [0, 0.05) is 11.4 Å². The molecule has 2 N–H and O–H groups in total. The molecule has 2 rings (SSSR count). The van der Waals surface area contributed by atoms with Gasteiger partial charge in [-0.05, 0) is 61.1 Å². The summed E-state index contributed by atoms with van der Waals surface area (Å²) in [5.74, 6) is -1.32. The molecule has 0 aliphatic heterocycles. The molecule has 2 aromatic rings. The largest absolute Gasteiger partial charge is 0.318 e. The van der Waals surface area contributed by atoms with Crippen LogP contribution in [0.3, 0.4) is 0 Å². The quantitative estimate of drug-likeness (QED) is 0.311. The monoisotopic (exact) mass is 408 g/mol. The van der Waals surface area contributed by atoms with Crippen LogP contribution in [0.2, 0.25) is 0 Å². The number of nitrogens with one attached hydrogen (secondary N) is 2.